The quantitative estimate of drug-likeness (QED) is 0.887. The molecule has 2 aromatic carbocycles. The Morgan fingerprint density at radius 1 is 1.21 bits per heavy atom. The summed E-state index contributed by atoms with van der Waals surface area (Å²) in [7, 11) is 3.96. The molecule has 0 aliphatic heterocycles. The van der Waals surface area contributed by atoms with Crippen LogP contribution in [0.3, 0.4) is 0 Å². The lowest BCUT2D eigenvalue weighted by atomic mass is 10.1. The van der Waals surface area contributed by atoms with Gasteiger partial charge in [0.1, 0.15) is 5.75 Å². The van der Waals surface area contributed by atoms with Gasteiger partial charge in [-0.25, -0.2) is 0 Å². The normalized spacial score (nSPS) is 11.6. The molecular formula is C19H21N3O2. The van der Waals surface area contributed by atoms with Crippen molar-refractivity contribution in [2.24, 2.45) is 0 Å². The number of ether oxygens (including phenoxy) is 1. The molecule has 0 aliphatic carbocycles. The maximum absolute atomic E-state index is 12.4. The molecule has 0 bridgehead atoms. The Morgan fingerprint density at radius 2 is 1.88 bits per heavy atom. The lowest BCUT2D eigenvalue weighted by Gasteiger charge is -2.18. The van der Waals surface area contributed by atoms with Crippen molar-refractivity contribution in [3.8, 4) is 11.8 Å². The number of nitrogens with zero attached hydrogens (tertiary/aromatic N) is 2. The lowest BCUT2D eigenvalue weighted by Crippen LogP contribution is -2.30. The molecule has 0 unspecified atom stereocenters. The summed E-state index contributed by atoms with van der Waals surface area (Å²) < 4.78 is 5.64. The van der Waals surface area contributed by atoms with E-state index < -0.39 is 6.10 Å². The van der Waals surface area contributed by atoms with Crippen LogP contribution >= 0.6 is 0 Å². The van der Waals surface area contributed by atoms with Crippen LogP contribution in [0.1, 0.15) is 18.1 Å². The number of hydrogen-bond donors (Lipinski definition) is 1. The molecule has 24 heavy (non-hydrogen) atoms. The van der Waals surface area contributed by atoms with Crippen LogP contribution in [0.4, 0.5) is 5.69 Å². The average Bonchev–Trinajstić information content (AvgIpc) is 2.56. The van der Waals surface area contributed by atoms with Gasteiger partial charge in [-0.15, -0.1) is 0 Å². The fraction of sp³-hybridized carbons (Fsp3) is 0.263. The van der Waals surface area contributed by atoms with E-state index in [1.54, 1.807) is 31.2 Å². The van der Waals surface area contributed by atoms with Crippen molar-refractivity contribution in [3.63, 3.8) is 0 Å². The minimum absolute atomic E-state index is 0.217. The van der Waals surface area contributed by atoms with Crippen LogP contribution in [-0.2, 0) is 11.3 Å². The van der Waals surface area contributed by atoms with Crippen molar-refractivity contribution in [1.82, 2.24) is 4.90 Å². The second-order valence-corrected chi connectivity index (χ2v) is 5.78. The Balaban J connectivity index is 2.02. The molecule has 1 atom stereocenters. The van der Waals surface area contributed by atoms with Gasteiger partial charge in [0, 0.05) is 12.2 Å². The number of nitriles is 1. The largest absolute Gasteiger partial charge is 0.481 e. The van der Waals surface area contributed by atoms with Gasteiger partial charge in [0.2, 0.25) is 0 Å². The zero-order valence-corrected chi connectivity index (χ0v) is 14.1. The summed E-state index contributed by atoms with van der Waals surface area (Å²) in [4.78, 5) is 14.4. The molecule has 0 radical (unpaired) electrons. The van der Waals surface area contributed by atoms with E-state index >= 15 is 0 Å². The van der Waals surface area contributed by atoms with E-state index in [-0.39, 0.29) is 5.91 Å². The number of carbonyl (C=O) groups is 1. The highest BCUT2D eigenvalue weighted by Gasteiger charge is 2.16. The molecule has 0 aliphatic rings. The molecule has 2 aromatic rings. The first-order valence-electron chi connectivity index (χ1n) is 7.70. The summed E-state index contributed by atoms with van der Waals surface area (Å²) in [5.74, 6) is 0.337. The van der Waals surface area contributed by atoms with Crippen LogP contribution in [0, 0.1) is 11.3 Å². The molecule has 1 N–H and O–H groups in total. The Kier molecular flexibility index (Phi) is 5.94. The summed E-state index contributed by atoms with van der Waals surface area (Å²) in [6.45, 7) is 2.43. The van der Waals surface area contributed by atoms with Crippen LogP contribution < -0.4 is 10.1 Å². The van der Waals surface area contributed by atoms with Crippen molar-refractivity contribution in [1.29, 1.82) is 5.26 Å². The molecule has 5 nitrogen and oxygen atoms in total. The lowest BCUT2D eigenvalue weighted by molar-refractivity contribution is -0.122. The summed E-state index contributed by atoms with van der Waals surface area (Å²) >= 11 is 0. The van der Waals surface area contributed by atoms with Gasteiger partial charge in [-0.3, -0.25) is 4.79 Å². The van der Waals surface area contributed by atoms with Crippen LogP contribution in [0.2, 0.25) is 0 Å². The summed E-state index contributed by atoms with van der Waals surface area (Å²) in [5, 5.41) is 11.7. The topological polar surface area (TPSA) is 65.4 Å². The molecule has 124 valence electrons. The van der Waals surface area contributed by atoms with E-state index in [0.717, 1.165) is 17.8 Å². The van der Waals surface area contributed by atoms with E-state index in [4.69, 9.17) is 10.00 Å². The Labute approximate surface area is 142 Å². The Morgan fingerprint density at radius 3 is 2.50 bits per heavy atom. The van der Waals surface area contributed by atoms with Crippen molar-refractivity contribution >= 4 is 11.6 Å². The highest BCUT2D eigenvalue weighted by molar-refractivity contribution is 5.94. The molecular weight excluding hydrogens is 302 g/mol. The van der Waals surface area contributed by atoms with Gasteiger partial charge in [0.25, 0.3) is 5.91 Å². The summed E-state index contributed by atoms with van der Waals surface area (Å²) in [6.07, 6.45) is -0.648. The molecule has 1 amide bonds. The minimum Gasteiger partial charge on any atom is -0.481 e. The zero-order chi connectivity index (χ0) is 17.5. The molecule has 0 spiro atoms. The molecule has 5 heteroatoms. The molecule has 0 heterocycles. The highest BCUT2D eigenvalue weighted by atomic mass is 16.5. The van der Waals surface area contributed by atoms with Gasteiger partial charge in [-0.2, -0.15) is 5.26 Å². The summed E-state index contributed by atoms with van der Waals surface area (Å²) in [6, 6.07) is 16.4. The molecule has 0 saturated carbocycles. The van der Waals surface area contributed by atoms with Gasteiger partial charge in [0.15, 0.2) is 6.10 Å². The molecule has 0 aromatic heterocycles. The maximum Gasteiger partial charge on any atom is 0.265 e. The van der Waals surface area contributed by atoms with E-state index in [9.17, 15) is 4.79 Å². The fourth-order valence-corrected chi connectivity index (χ4v) is 2.22. The van der Waals surface area contributed by atoms with Crippen LogP contribution in [0.25, 0.3) is 0 Å². The predicted octanol–water partition coefficient (Wildman–Crippen LogP) is 3.03. The predicted molar refractivity (Wildman–Crippen MR) is 93.7 cm³/mol. The standard InChI is InChI=1S/C19H21N3O2/c1-14(24-17-10-8-15(12-20)9-11-17)19(23)21-18-7-5-4-6-16(18)13-22(2)3/h4-11,14H,13H2,1-3H3,(H,21,23)/t14-/m1/s1. The molecule has 2 rings (SSSR count). The van der Waals surface area contributed by atoms with Crippen molar-refractivity contribution < 1.29 is 9.53 Å². The number of amides is 1. The van der Waals surface area contributed by atoms with E-state index in [2.05, 4.69) is 5.32 Å². The van der Waals surface area contributed by atoms with Crippen LogP contribution in [0.15, 0.2) is 48.5 Å². The van der Waals surface area contributed by atoms with Crippen LogP contribution in [0.5, 0.6) is 5.75 Å². The monoisotopic (exact) mass is 323 g/mol. The van der Waals surface area contributed by atoms with Crippen molar-refractivity contribution in [2.45, 2.75) is 19.6 Å². The maximum atomic E-state index is 12.4. The number of para-hydroxylation sites is 1. The number of hydrogen-bond acceptors (Lipinski definition) is 4. The third kappa shape index (κ3) is 4.83. The number of anilines is 1. The molecule has 0 fully saturated rings. The smallest absolute Gasteiger partial charge is 0.265 e. The fourth-order valence-electron chi connectivity index (χ4n) is 2.22. The van der Waals surface area contributed by atoms with E-state index in [1.807, 2.05) is 49.3 Å². The second-order valence-electron chi connectivity index (χ2n) is 5.78. The number of rotatable bonds is 6. The third-order valence-electron chi connectivity index (χ3n) is 3.43. The van der Waals surface area contributed by atoms with Gasteiger partial charge in [-0.1, -0.05) is 18.2 Å². The van der Waals surface area contributed by atoms with Gasteiger partial charge < -0.3 is 15.0 Å². The van der Waals surface area contributed by atoms with E-state index in [0.29, 0.717) is 11.3 Å². The summed E-state index contributed by atoms with van der Waals surface area (Å²) in [5.41, 5.74) is 2.38. The van der Waals surface area contributed by atoms with Crippen molar-refractivity contribution in [2.75, 3.05) is 19.4 Å². The minimum atomic E-state index is -0.648. The average molecular weight is 323 g/mol. The van der Waals surface area contributed by atoms with E-state index in [1.165, 1.54) is 0 Å². The second kappa shape index (κ2) is 8.14. The first-order valence-corrected chi connectivity index (χ1v) is 7.70. The number of benzene rings is 2. The first-order chi connectivity index (χ1) is 11.5. The SMILES string of the molecule is C[C@@H](Oc1ccc(C#N)cc1)C(=O)Nc1ccccc1CN(C)C. The van der Waals surface area contributed by atoms with Crippen LogP contribution in [-0.4, -0.2) is 31.0 Å². The van der Waals surface area contributed by atoms with Gasteiger partial charge in [-0.05, 0) is 56.9 Å². The molecule has 0 saturated heterocycles. The van der Waals surface area contributed by atoms with Gasteiger partial charge >= 0.3 is 0 Å². The first kappa shape index (κ1) is 17.5. The number of nitrogens with one attached hydrogen (secondary N) is 1. The van der Waals surface area contributed by atoms with Crippen molar-refractivity contribution in [3.05, 3.63) is 59.7 Å². The van der Waals surface area contributed by atoms with Gasteiger partial charge in [0.05, 0.1) is 11.6 Å². The Hall–Kier alpha value is -2.84. The highest BCUT2D eigenvalue weighted by Crippen LogP contribution is 2.18. The third-order valence-corrected chi connectivity index (χ3v) is 3.43. The zero-order valence-electron chi connectivity index (χ0n) is 14.1. The number of carbonyl (C=O) groups excluding carboxylic acids is 1. The Bertz CT molecular complexity index is 733.